The lowest BCUT2D eigenvalue weighted by Gasteiger charge is -2.11. The molecular weight excluding hydrogens is 328 g/mol. The number of phenolic OH excluding ortho intramolecular Hbond substituents is 1. The lowest BCUT2D eigenvalue weighted by molar-refractivity contribution is 0.104. The van der Waals surface area contributed by atoms with Crippen LogP contribution in [0.2, 0.25) is 5.02 Å². The second-order valence-corrected chi connectivity index (χ2v) is 5.18. The SMILES string of the molecule is C#CCOc1c(Cl)cc(/C=C/C(=O)c2cccc(O)c2)cc1OC. The van der Waals surface area contributed by atoms with Crippen molar-refractivity contribution >= 4 is 23.5 Å². The Morgan fingerprint density at radius 2 is 2.17 bits per heavy atom. The number of hydrogen-bond acceptors (Lipinski definition) is 4. The summed E-state index contributed by atoms with van der Waals surface area (Å²) in [6.07, 6.45) is 8.16. The first kappa shape index (κ1) is 17.5. The molecule has 122 valence electrons. The van der Waals surface area contributed by atoms with Gasteiger partial charge in [-0.1, -0.05) is 35.7 Å². The van der Waals surface area contributed by atoms with Crippen LogP contribution in [0, 0.1) is 12.3 Å². The van der Waals surface area contributed by atoms with Crippen LogP contribution in [0.3, 0.4) is 0 Å². The summed E-state index contributed by atoms with van der Waals surface area (Å²) in [7, 11) is 1.49. The van der Waals surface area contributed by atoms with Gasteiger partial charge in [-0.2, -0.15) is 0 Å². The zero-order valence-corrected chi connectivity index (χ0v) is 13.7. The van der Waals surface area contributed by atoms with Gasteiger partial charge < -0.3 is 14.6 Å². The van der Waals surface area contributed by atoms with E-state index in [0.717, 1.165) is 0 Å². The molecule has 0 heterocycles. The minimum absolute atomic E-state index is 0.0361. The summed E-state index contributed by atoms with van der Waals surface area (Å²) >= 11 is 6.18. The van der Waals surface area contributed by atoms with E-state index >= 15 is 0 Å². The number of ketones is 1. The van der Waals surface area contributed by atoms with Crippen LogP contribution in [-0.2, 0) is 0 Å². The Labute approximate surface area is 145 Å². The second kappa shape index (κ2) is 8.09. The van der Waals surface area contributed by atoms with Gasteiger partial charge in [0.2, 0.25) is 0 Å². The van der Waals surface area contributed by atoms with Gasteiger partial charge in [0, 0.05) is 5.56 Å². The number of benzene rings is 2. The lowest BCUT2D eigenvalue weighted by atomic mass is 10.1. The summed E-state index contributed by atoms with van der Waals surface area (Å²) in [6.45, 7) is 0.0707. The maximum absolute atomic E-state index is 12.1. The van der Waals surface area contributed by atoms with Crippen molar-refractivity contribution in [3.05, 3.63) is 58.6 Å². The molecule has 0 saturated heterocycles. The Bertz CT molecular complexity index is 819. The number of carbonyl (C=O) groups is 1. The number of phenols is 1. The Morgan fingerprint density at radius 1 is 1.38 bits per heavy atom. The number of rotatable bonds is 6. The highest BCUT2D eigenvalue weighted by atomic mass is 35.5. The van der Waals surface area contributed by atoms with Gasteiger partial charge in [0.25, 0.3) is 0 Å². The number of methoxy groups -OCH3 is 1. The fraction of sp³-hybridized carbons (Fsp3) is 0.105. The molecule has 1 N–H and O–H groups in total. The molecule has 2 aromatic rings. The molecular formula is C19H15ClO4. The van der Waals surface area contributed by atoms with Crippen LogP contribution in [-0.4, -0.2) is 24.6 Å². The zero-order valence-electron chi connectivity index (χ0n) is 13.0. The summed E-state index contributed by atoms with van der Waals surface area (Å²) in [5, 5.41) is 9.74. The number of aromatic hydroxyl groups is 1. The fourth-order valence-electron chi connectivity index (χ4n) is 2.02. The van der Waals surface area contributed by atoms with Crippen LogP contribution in [0.15, 0.2) is 42.5 Å². The molecule has 24 heavy (non-hydrogen) atoms. The summed E-state index contributed by atoms with van der Waals surface area (Å²) in [6, 6.07) is 9.45. The van der Waals surface area contributed by atoms with Crippen LogP contribution in [0.1, 0.15) is 15.9 Å². The third-order valence-corrected chi connectivity index (χ3v) is 3.39. The van der Waals surface area contributed by atoms with Crippen LogP contribution in [0.25, 0.3) is 6.08 Å². The summed E-state index contributed by atoms with van der Waals surface area (Å²) < 4.78 is 10.6. The highest BCUT2D eigenvalue weighted by molar-refractivity contribution is 6.32. The molecule has 0 fully saturated rings. The molecule has 2 rings (SSSR count). The van der Waals surface area contributed by atoms with Crippen molar-refractivity contribution in [3.8, 4) is 29.6 Å². The molecule has 0 atom stereocenters. The standard InChI is InChI=1S/C19H15ClO4/c1-3-9-24-19-16(20)10-13(11-18(19)23-2)7-8-17(22)14-5-4-6-15(21)12-14/h1,4-8,10-12,21H,9H2,2H3/b8-7+. The molecule has 4 nitrogen and oxygen atoms in total. The Balaban J connectivity index is 2.25. The maximum Gasteiger partial charge on any atom is 0.185 e. The Kier molecular flexibility index (Phi) is 5.89. The molecule has 0 aliphatic heterocycles. The topological polar surface area (TPSA) is 55.8 Å². The van der Waals surface area contributed by atoms with Crippen molar-refractivity contribution in [2.24, 2.45) is 0 Å². The smallest absolute Gasteiger partial charge is 0.185 e. The van der Waals surface area contributed by atoms with Crippen LogP contribution in [0.5, 0.6) is 17.2 Å². The number of ether oxygens (including phenoxy) is 2. The molecule has 5 heteroatoms. The quantitative estimate of drug-likeness (QED) is 0.490. The predicted octanol–water partition coefficient (Wildman–Crippen LogP) is 3.96. The van der Waals surface area contributed by atoms with E-state index in [-0.39, 0.29) is 18.1 Å². The van der Waals surface area contributed by atoms with E-state index in [9.17, 15) is 9.90 Å². The van der Waals surface area contributed by atoms with Crippen molar-refractivity contribution in [2.75, 3.05) is 13.7 Å². The van der Waals surface area contributed by atoms with E-state index in [1.807, 2.05) is 0 Å². The average Bonchev–Trinajstić information content (AvgIpc) is 2.58. The van der Waals surface area contributed by atoms with Crippen molar-refractivity contribution in [2.45, 2.75) is 0 Å². The van der Waals surface area contributed by atoms with E-state index in [1.165, 1.54) is 25.3 Å². The summed E-state index contributed by atoms with van der Waals surface area (Å²) in [5.74, 6) is 2.92. The van der Waals surface area contributed by atoms with Gasteiger partial charge in [-0.15, -0.1) is 6.42 Å². The number of terminal acetylenes is 1. The van der Waals surface area contributed by atoms with Crippen LogP contribution < -0.4 is 9.47 Å². The van der Waals surface area contributed by atoms with Gasteiger partial charge in [-0.3, -0.25) is 4.79 Å². The number of carbonyl (C=O) groups excluding carboxylic acids is 1. The van der Waals surface area contributed by atoms with Gasteiger partial charge in [0.15, 0.2) is 17.3 Å². The second-order valence-electron chi connectivity index (χ2n) is 4.77. The Morgan fingerprint density at radius 3 is 2.83 bits per heavy atom. The van der Waals surface area contributed by atoms with Crippen molar-refractivity contribution in [1.82, 2.24) is 0 Å². The van der Waals surface area contributed by atoms with E-state index in [1.54, 1.807) is 30.3 Å². The van der Waals surface area contributed by atoms with E-state index < -0.39 is 0 Å². The third kappa shape index (κ3) is 4.31. The summed E-state index contributed by atoms with van der Waals surface area (Å²) in [4.78, 5) is 12.1. The molecule has 0 unspecified atom stereocenters. The van der Waals surface area contributed by atoms with Gasteiger partial charge in [-0.25, -0.2) is 0 Å². The minimum atomic E-state index is -0.242. The first-order valence-electron chi connectivity index (χ1n) is 7.00. The molecule has 0 bridgehead atoms. The highest BCUT2D eigenvalue weighted by Crippen LogP contribution is 2.36. The minimum Gasteiger partial charge on any atom is -0.508 e. The average molecular weight is 343 g/mol. The molecule has 0 aliphatic carbocycles. The maximum atomic E-state index is 12.1. The normalized spacial score (nSPS) is 10.4. The first-order valence-corrected chi connectivity index (χ1v) is 7.38. The van der Waals surface area contributed by atoms with Gasteiger partial charge in [0.05, 0.1) is 12.1 Å². The molecule has 0 radical (unpaired) electrons. The number of halogens is 1. The number of hydrogen-bond donors (Lipinski definition) is 1. The van der Waals surface area contributed by atoms with Gasteiger partial charge in [-0.05, 0) is 35.9 Å². The van der Waals surface area contributed by atoms with E-state index in [4.69, 9.17) is 27.5 Å². The summed E-state index contributed by atoms with van der Waals surface area (Å²) in [5.41, 5.74) is 1.05. The monoisotopic (exact) mass is 342 g/mol. The fourth-order valence-corrected chi connectivity index (χ4v) is 2.29. The molecule has 2 aromatic carbocycles. The first-order chi connectivity index (χ1) is 11.5. The lowest BCUT2D eigenvalue weighted by Crippen LogP contribution is -1.98. The largest absolute Gasteiger partial charge is 0.508 e. The zero-order chi connectivity index (χ0) is 17.5. The van der Waals surface area contributed by atoms with Crippen molar-refractivity contribution in [1.29, 1.82) is 0 Å². The van der Waals surface area contributed by atoms with Gasteiger partial charge >= 0.3 is 0 Å². The molecule has 0 aliphatic rings. The number of allylic oxidation sites excluding steroid dienone is 1. The highest BCUT2D eigenvalue weighted by Gasteiger charge is 2.11. The Hall–Kier alpha value is -2.90. The van der Waals surface area contributed by atoms with Crippen LogP contribution >= 0.6 is 11.6 Å². The van der Waals surface area contributed by atoms with Crippen LogP contribution in [0.4, 0.5) is 0 Å². The molecule has 0 aromatic heterocycles. The van der Waals surface area contributed by atoms with E-state index in [2.05, 4.69) is 5.92 Å². The van der Waals surface area contributed by atoms with Gasteiger partial charge in [0.1, 0.15) is 12.4 Å². The molecule has 0 amide bonds. The van der Waals surface area contributed by atoms with Crippen molar-refractivity contribution in [3.63, 3.8) is 0 Å². The van der Waals surface area contributed by atoms with Crippen molar-refractivity contribution < 1.29 is 19.4 Å². The van der Waals surface area contributed by atoms with E-state index in [0.29, 0.717) is 27.6 Å². The predicted molar refractivity (Wildman–Crippen MR) is 93.8 cm³/mol. The third-order valence-electron chi connectivity index (χ3n) is 3.11. The molecule has 0 saturated carbocycles. The molecule has 0 spiro atoms.